The van der Waals surface area contributed by atoms with E-state index >= 15 is 0 Å². The summed E-state index contributed by atoms with van der Waals surface area (Å²) in [5.74, 6) is 0. The zero-order valence-electron chi connectivity index (χ0n) is 7.97. The molecule has 0 spiro atoms. The molecule has 0 radical (unpaired) electrons. The molecule has 0 amide bonds. The molecular weight excluding hydrogens is 247 g/mol. The molecule has 0 atom stereocenters. The van der Waals surface area contributed by atoms with E-state index in [4.69, 9.17) is 5.73 Å². The number of hydrogen-bond donors (Lipinski definition) is 1. The molecule has 1 aromatic rings. The number of alkyl halides is 3. The van der Waals surface area contributed by atoms with E-state index in [0.29, 0.717) is 5.56 Å². The fourth-order valence-corrected chi connectivity index (χ4v) is 1.72. The van der Waals surface area contributed by atoms with Gasteiger partial charge >= 0.3 is 6.18 Å². The van der Waals surface area contributed by atoms with Crippen molar-refractivity contribution in [1.29, 1.82) is 0 Å². The SMILES string of the molecule is CSc1ccc(C(F)(F)F)cc1CN.Cl. The van der Waals surface area contributed by atoms with Crippen molar-refractivity contribution in [3.05, 3.63) is 29.3 Å². The second kappa shape index (κ2) is 5.63. The summed E-state index contributed by atoms with van der Waals surface area (Å²) in [6.45, 7) is 0.125. The third kappa shape index (κ3) is 3.59. The van der Waals surface area contributed by atoms with Crippen molar-refractivity contribution in [2.75, 3.05) is 6.26 Å². The van der Waals surface area contributed by atoms with Gasteiger partial charge in [-0.2, -0.15) is 13.2 Å². The van der Waals surface area contributed by atoms with E-state index in [1.807, 2.05) is 6.26 Å². The fraction of sp³-hybridized carbons (Fsp3) is 0.333. The first kappa shape index (κ1) is 14.6. The second-order valence-corrected chi connectivity index (χ2v) is 3.58. The van der Waals surface area contributed by atoms with Crippen LogP contribution in [0.2, 0.25) is 0 Å². The zero-order valence-corrected chi connectivity index (χ0v) is 9.60. The van der Waals surface area contributed by atoms with Gasteiger partial charge in [0.1, 0.15) is 0 Å². The van der Waals surface area contributed by atoms with E-state index in [-0.39, 0.29) is 19.0 Å². The number of hydrogen-bond acceptors (Lipinski definition) is 2. The van der Waals surface area contributed by atoms with Gasteiger partial charge in [0.05, 0.1) is 5.56 Å². The van der Waals surface area contributed by atoms with Gasteiger partial charge in [0, 0.05) is 11.4 Å². The first-order valence-electron chi connectivity index (χ1n) is 3.93. The van der Waals surface area contributed by atoms with Crippen molar-refractivity contribution in [2.45, 2.75) is 17.6 Å². The molecule has 0 saturated carbocycles. The maximum absolute atomic E-state index is 12.3. The summed E-state index contributed by atoms with van der Waals surface area (Å²) in [6, 6.07) is 3.63. The van der Waals surface area contributed by atoms with Crippen LogP contribution in [0.25, 0.3) is 0 Å². The molecule has 0 bridgehead atoms. The van der Waals surface area contributed by atoms with Gasteiger partial charge < -0.3 is 5.73 Å². The summed E-state index contributed by atoms with van der Waals surface area (Å²) in [5, 5.41) is 0. The van der Waals surface area contributed by atoms with Crippen LogP contribution in [0.4, 0.5) is 13.2 Å². The Morgan fingerprint density at radius 1 is 1.33 bits per heavy atom. The molecule has 0 saturated heterocycles. The molecule has 0 aliphatic carbocycles. The van der Waals surface area contributed by atoms with Crippen LogP contribution in [0.5, 0.6) is 0 Å². The Morgan fingerprint density at radius 2 is 1.93 bits per heavy atom. The Labute approximate surface area is 96.6 Å². The van der Waals surface area contributed by atoms with E-state index in [2.05, 4.69) is 0 Å². The first-order chi connectivity index (χ1) is 6.49. The number of rotatable bonds is 2. The smallest absolute Gasteiger partial charge is 0.326 e. The van der Waals surface area contributed by atoms with Crippen LogP contribution in [0, 0.1) is 0 Å². The Kier molecular flexibility index (Phi) is 5.48. The average Bonchev–Trinajstić information content (AvgIpc) is 2.15. The summed E-state index contributed by atoms with van der Waals surface area (Å²) in [5.41, 5.74) is 5.25. The Balaban J connectivity index is 0.00000196. The summed E-state index contributed by atoms with van der Waals surface area (Å²) in [4.78, 5) is 0.792. The van der Waals surface area contributed by atoms with Gasteiger partial charge in [0.2, 0.25) is 0 Å². The molecule has 1 rings (SSSR count). The van der Waals surface area contributed by atoms with Crippen molar-refractivity contribution in [2.24, 2.45) is 5.73 Å². The molecule has 0 aromatic heterocycles. The van der Waals surface area contributed by atoms with Gasteiger partial charge in [-0.15, -0.1) is 24.2 Å². The molecule has 2 N–H and O–H groups in total. The van der Waals surface area contributed by atoms with Crippen molar-refractivity contribution in [1.82, 2.24) is 0 Å². The third-order valence-electron chi connectivity index (χ3n) is 1.83. The Bertz CT molecular complexity index is 328. The van der Waals surface area contributed by atoms with Crippen LogP contribution in [0.15, 0.2) is 23.1 Å². The van der Waals surface area contributed by atoms with E-state index < -0.39 is 11.7 Å². The maximum Gasteiger partial charge on any atom is 0.416 e. The van der Waals surface area contributed by atoms with Gasteiger partial charge in [-0.05, 0) is 30.0 Å². The highest BCUT2D eigenvalue weighted by Crippen LogP contribution is 2.32. The maximum atomic E-state index is 12.3. The molecule has 0 fully saturated rings. The highest BCUT2D eigenvalue weighted by Gasteiger charge is 2.30. The molecular formula is C9H11ClF3NS. The highest BCUT2D eigenvalue weighted by atomic mass is 35.5. The van der Waals surface area contributed by atoms with E-state index in [9.17, 15) is 13.2 Å². The molecule has 0 unspecified atom stereocenters. The van der Waals surface area contributed by atoms with Crippen molar-refractivity contribution >= 4 is 24.2 Å². The van der Waals surface area contributed by atoms with E-state index in [1.54, 1.807) is 0 Å². The predicted molar refractivity (Wildman–Crippen MR) is 58.4 cm³/mol. The normalized spacial score (nSPS) is 11.0. The zero-order chi connectivity index (χ0) is 10.8. The van der Waals surface area contributed by atoms with Gasteiger partial charge in [-0.1, -0.05) is 0 Å². The summed E-state index contributed by atoms with van der Waals surface area (Å²) >= 11 is 1.39. The summed E-state index contributed by atoms with van der Waals surface area (Å²) < 4.78 is 36.9. The average molecular weight is 258 g/mol. The molecule has 6 heteroatoms. The van der Waals surface area contributed by atoms with Gasteiger partial charge in [-0.25, -0.2) is 0 Å². The lowest BCUT2D eigenvalue weighted by molar-refractivity contribution is -0.137. The molecule has 0 aliphatic rings. The van der Waals surface area contributed by atoms with E-state index in [0.717, 1.165) is 17.0 Å². The van der Waals surface area contributed by atoms with Crippen molar-refractivity contribution in [3.8, 4) is 0 Å². The van der Waals surface area contributed by atoms with Crippen LogP contribution in [-0.2, 0) is 12.7 Å². The number of benzene rings is 1. The molecule has 0 aliphatic heterocycles. The lowest BCUT2D eigenvalue weighted by Crippen LogP contribution is -2.07. The quantitative estimate of drug-likeness (QED) is 0.823. The topological polar surface area (TPSA) is 26.0 Å². The third-order valence-corrected chi connectivity index (χ3v) is 2.67. The van der Waals surface area contributed by atoms with Crippen molar-refractivity contribution in [3.63, 3.8) is 0 Å². The molecule has 15 heavy (non-hydrogen) atoms. The standard InChI is InChI=1S/C9H10F3NS.ClH/c1-14-8-3-2-7(9(10,11)12)4-6(8)5-13;/h2-4H,5,13H2,1H3;1H. The van der Waals surface area contributed by atoms with E-state index in [1.165, 1.54) is 17.8 Å². The molecule has 1 nitrogen and oxygen atoms in total. The second-order valence-electron chi connectivity index (χ2n) is 2.73. The van der Waals surface area contributed by atoms with Gasteiger partial charge in [-0.3, -0.25) is 0 Å². The highest BCUT2D eigenvalue weighted by molar-refractivity contribution is 7.98. The Hall–Kier alpha value is -0.390. The number of thioether (sulfide) groups is 1. The Morgan fingerprint density at radius 3 is 2.33 bits per heavy atom. The fourth-order valence-electron chi connectivity index (χ4n) is 1.11. The van der Waals surface area contributed by atoms with Crippen LogP contribution in [0.3, 0.4) is 0 Å². The number of halogens is 4. The lowest BCUT2D eigenvalue weighted by atomic mass is 10.1. The van der Waals surface area contributed by atoms with Gasteiger partial charge in [0.25, 0.3) is 0 Å². The summed E-state index contributed by atoms with van der Waals surface area (Å²) in [7, 11) is 0. The van der Waals surface area contributed by atoms with Crippen LogP contribution < -0.4 is 5.73 Å². The largest absolute Gasteiger partial charge is 0.416 e. The number of nitrogens with two attached hydrogens (primary N) is 1. The lowest BCUT2D eigenvalue weighted by Gasteiger charge is -2.10. The minimum atomic E-state index is -4.29. The first-order valence-corrected chi connectivity index (χ1v) is 5.15. The molecule has 1 aromatic carbocycles. The monoisotopic (exact) mass is 257 g/mol. The molecule has 0 heterocycles. The predicted octanol–water partition coefficient (Wildman–Crippen LogP) is 3.31. The van der Waals surface area contributed by atoms with Crippen LogP contribution in [0.1, 0.15) is 11.1 Å². The van der Waals surface area contributed by atoms with Crippen LogP contribution >= 0.6 is 24.2 Å². The van der Waals surface area contributed by atoms with Crippen molar-refractivity contribution < 1.29 is 13.2 Å². The minimum Gasteiger partial charge on any atom is -0.326 e. The molecule has 86 valence electrons. The van der Waals surface area contributed by atoms with Gasteiger partial charge in [0.15, 0.2) is 0 Å². The summed E-state index contributed by atoms with van der Waals surface area (Å²) in [6.07, 6.45) is -2.48. The minimum absolute atomic E-state index is 0. The van der Waals surface area contributed by atoms with Crippen LogP contribution in [-0.4, -0.2) is 6.26 Å².